The molecule has 0 bridgehead atoms. The first-order valence-corrected chi connectivity index (χ1v) is 11.9. The Balaban J connectivity index is 1.25. The van der Waals surface area contributed by atoms with Crippen molar-refractivity contribution >= 4 is 33.6 Å². The highest BCUT2D eigenvalue weighted by molar-refractivity contribution is 5.86. The fraction of sp³-hybridized carbons (Fsp3) is 0.321. The highest BCUT2D eigenvalue weighted by atomic mass is 16.2. The molecule has 0 unspecified atom stereocenters. The molecule has 3 N–H and O–H groups in total. The summed E-state index contributed by atoms with van der Waals surface area (Å²) in [6, 6.07) is 18.7. The second-order valence-corrected chi connectivity index (χ2v) is 9.56. The average Bonchev–Trinajstić information content (AvgIpc) is 3.39. The second-order valence-electron chi connectivity index (χ2n) is 9.56. The van der Waals surface area contributed by atoms with E-state index >= 15 is 0 Å². The first kappa shape index (κ1) is 22.1. The maximum atomic E-state index is 12.7. The minimum atomic E-state index is -0.396. The van der Waals surface area contributed by atoms with E-state index < -0.39 is 5.54 Å². The largest absolute Gasteiger partial charge is 0.350 e. The fourth-order valence-corrected chi connectivity index (χ4v) is 5.02. The topological polar surface area (TPSA) is 86.9 Å². The van der Waals surface area contributed by atoms with Crippen LogP contribution in [-0.2, 0) is 22.6 Å². The van der Waals surface area contributed by atoms with E-state index in [4.69, 9.17) is 0 Å². The SMILES string of the molecule is Cc1cc2nc(CNC(=O)CC[C@]3(Cc4cccc5ccccc45)CCC(=O)N3)[nH]c2cc1C. The molecule has 0 radical (unpaired) electrons. The van der Waals surface area contributed by atoms with E-state index in [1.807, 2.05) is 12.1 Å². The van der Waals surface area contributed by atoms with E-state index in [2.05, 4.69) is 76.9 Å². The summed E-state index contributed by atoms with van der Waals surface area (Å²) in [7, 11) is 0. The number of aryl methyl sites for hydroxylation is 2. The molecule has 1 atom stereocenters. The standard InChI is InChI=1S/C28H30N4O2/c1-18-14-23-24(15-19(18)2)31-25(30-23)17-29-26(33)10-12-28(13-11-27(34)32-28)16-21-8-5-7-20-6-3-4-9-22(20)21/h3-9,14-15H,10-13,16-17H2,1-2H3,(H,29,33)(H,30,31)(H,32,34)/t28-/m1/s1. The molecule has 0 spiro atoms. The van der Waals surface area contributed by atoms with Crippen molar-refractivity contribution in [2.24, 2.45) is 0 Å². The van der Waals surface area contributed by atoms with Crippen LogP contribution in [0.3, 0.4) is 0 Å². The molecule has 174 valence electrons. The van der Waals surface area contributed by atoms with Gasteiger partial charge in [0.15, 0.2) is 0 Å². The van der Waals surface area contributed by atoms with Crippen LogP contribution in [0.25, 0.3) is 21.8 Å². The van der Waals surface area contributed by atoms with E-state index in [9.17, 15) is 9.59 Å². The van der Waals surface area contributed by atoms with E-state index in [0.29, 0.717) is 25.8 Å². The van der Waals surface area contributed by atoms with Crippen molar-refractivity contribution in [3.63, 3.8) is 0 Å². The summed E-state index contributed by atoms with van der Waals surface area (Å²) >= 11 is 0. The average molecular weight is 455 g/mol. The van der Waals surface area contributed by atoms with Gasteiger partial charge in [-0.15, -0.1) is 0 Å². The Hall–Kier alpha value is -3.67. The Morgan fingerprint density at radius 1 is 1.09 bits per heavy atom. The molecule has 2 heterocycles. The third-order valence-electron chi connectivity index (χ3n) is 7.07. The molecule has 6 heteroatoms. The number of hydrogen-bond acceptors (Lipinski definition) is 3. The molecular formula is C28H30N4O2. The summed E-state index contributed by atoms with van der Waals surface area (Å²) < 4.78 is 0. The van der Waals surface area contributed by atoms with Gasteiger partial charge in [0.25, 0.3) is 0 Å². The molecule has 2 amide bonds. The molecule has 4 aromatic rings. The predicted molar refractivity (Wildman–Crippen MR) is 134 cm³/mol. The zero-order valence-corrected chi connectivity index (χ0v) is 19.7. The first-order chi connectivity index (χ1) is 16.4. The van der Waals surface area contributed by atoms with Gasteiger partial charge in [-0.3, -0.25) is 9.59 Å². The van der Waals surface area contributed by atoms with Gasteiger partial charge in [-0.2, -0.15) is 0 Å². The monoisotopic (exact) mass is 454 g/mol. The van der Waals surface area contributed by atoms with Crippen molar-refractivity contribution in [1.82, 2.24) is 20.6 Å². The number of nitrogens with one attached hydrogen (secondary N) is 3. The van der Waals surface area contributed by atoms with E-state index in [1.165, 1.54) is 27.5 Å². The molecule has 1 aromatic heterocycles. The zero-order valence-electron chi connectivity index (χ0n) is 19.7. The highest BCUT2D eigenvalue weighted by Gasteiger charge is 2.38. The first-order valence-electron chi connectivity index (χ1n) is 11.9. The number of aromatic amines is 1. The molecule has 3 aromatic carbocycles. The second kappa shape index (κ2) is 8.93. The molecule has 5 rings (SSSR count). The summed E-state index contributed by atoms with van der Waals surface area (Å²) in [4.78, 5) is 32.8. The number of aromatic nitrogens is 2. The van der Waals surface area contributed by atoms with Gasteiger partial charge in [-0.05, 0) is 72.7 Å². The van der Waals surface area contributed by atoms with Crippen molar-refractivity contribution < 1.29 is 9.59 Å². The van der Waals surface area contributed by atoms with Gasteiger partial charge >= 0.3 is 0 Å². The van der Waals surface area contributed by atoms with Crippen LogP contribution >= 0.6 is 0 Å². The van der Waals surface area contributed by atoms with Crippen molar-refractivity contribution in [3.05, 3.63) is 77.1 Å². The molecule has 0 saturated carbocycles. The number of benzene rings is 3. The van der Waals surface area contributed by atoms with Crippen LogP contribution in [0.1, 0.15) is 48.2 Å². The van der Waals surface area contributed by atoms with Crippen LogP contribution in [0, 0.1) is 13.8 Å². The zero-order chi connectivity index (χ0) is 23.7. The maximum Gasteiger partial charge on any atom is 0.220 e. The minimum Gasteiger partial charge on any atom is -0.350 e. The van der Waals surface area contributed by atoms with Gasteiger partial charge in [0.1, 0.15) is 5.82 Å². The van der Waals surface area contributed by atoms with E-state index in [-0.39, 0.29) is 11.8 Å². The van der Waals surface area contributed by atoms with Crippen molar-refractivity contribution in [1.29, 1.82) is 0 Å². The lowest BCUT2D eigenvalue weighted by molar-refractivity contribution is -0.122. The van der Waals surface area contributed by atoms with E-state index in [1.54, 1.807) is 0 Å². The highest BCUT2D eigenvalue weighted by Crippen LogP contribution is 2.32. The third-order valence-corrected chi connectivity index (χ3v) is 7.07. The number of hydrogen-bond donors (Lipinski definition) is 3. The van der Waals surface area contributed by atoms with Crippen LogP contribution in [0.4, 0.5) is 0 Å². The molecule has 6 nitrogen and oxygen atoms in total. The minimum absolute atomic E-state index is 0.0359. The number of fused-ring (bicyclic) bond motifs is 2. The number of carbonyl (C=O) groups excluding carboxylic acids is 2. The molecule has 0 aliphatic carbocycles. The van der Waals surface area contributed by atoms with Crippen LogP contribution < -0.4 is 10.6 Å². The summed E-state index contributed by atoms with van der Waals surface area (Å²) in [5, 5.41) is 8.58. The summed E-state index contributed by atoms with van der Waals surface area (Å²) in [6.45, 7) is 4.50. The van der Waals surface area contributed by atoms with E-state index in [0.717, 1.165) is 29.7 Å². The normalized spacial score (nSPS) is 17.9. The fourth-order valence-electron chi connectivity index (χ4n) is 5.02. The molecular weight excluding hydrogens is 424 g/mol. The number of imidazole rings is 1. The number of H-pyrrole nitrogens is 1. The molecule has 34 heavy (non-hydrogen) atoms. The smallest absolute Gasteiger partial charge is 0.220 e. The number of carbonyl (C=O) groups is 2. The number of amides is 2. The molecule has 1 saturated heterocycles. The van der Waals surface area contributed by atoms with Crippen LogP contribution in [0.5, 0.6) is 0 Å². The van der Waals surface area contributed by atoms with Crippen LogP contribution in [-0.4, -0.2) is 27.3 Å². The maximum absolute atomic E-state index is 12.7. The predicted octanol–water partition coefficient (Wildman–Crippen LogP) is 4.62. The van der Waals surface area contributed by atoms with Gasteiger partial charge in [0.2, 0.25) is 11.8 Å². The van der Waals surface area contributed by atoms with Gasteiger partial charge in [0.05, 0.1) is 17.6 Å². The number of nitrogens with zero attached hydrogens (tertiary/aromatic N) is 1. The van der Waals surface area contributed by atoms with Crippen molar-refractivity contribution in [2.75, 3.05) is 0 Å². The quantitative estimate of drug-likeness (QED) is 0.381. The molecule has 1 aliphatic rings. The Labute approximate surface area is 199 Å². The Kier molecular flexibility index (Phi) is 5.82. The Morgan fingerprint density at radius 2 is 1.88 bits per heavy atom. The Morgan fingerprint density at radius 3 is 2.71 bits per heavy atom. The van der Waals surface area contributed by atoms with Gasteiger partial charge in [-0.25, -0.2) is 4.98 Å². The molecule has 1 aliphatic heterocycles. The third kappa shape index (κ3) is 4.53. The van der Waals surface area contributed by atoms with Gasteiger partial charge < -0.3 is 15.6 Å². The lowest BCUT2D eigenvalue weighted by Crippen LogP contribution is -2.44. The van der Waals surface area contributed by atoms with Gasteiger partial charge in [-0.1, -0.05) is 42.5 Å². The van der Waals surface area contributed by atoms with Gasteiger partial charge in [0, 0.05) is 18.4 Å². The molecule has 1 fully saturated rings. The Bertz CT molecular complexity index is 1350. The van der Waals surface area contributed by atoms with Crippen LogP contribution in [0.15, 0.2) is 54.6 Å². The lowest BCUT2D eigenvalue weighted by atomic mass is 9.83. The summed E-state index contributed by atoms with van der Waals surface area (Å²) in [6.07, 6.45) is 2.92. The van der Waals surface area contributed by atoms with Crippen molar-refractivity contribution in [3.8, 4) is 0 Å². The summed E-state index contributed by atoms with van der Waals surface area (Å²) in [5.41, 5.74) is 5.11. The lowest BCUT2D eigenvalue weighted by Gasteiger charge is -2.30. The van der Waals surface area contributed by atoms with Crippen LogP contribution in [0.2, 0.25) is 0 Å². The summed E-state index contributed by atoms with van der Waals surface area (Å²) in [5.74, 6) is 0.771. The number of rotatable bonds is 7. The van der Waals surface area contributed by atoms with Crippen molar-refractivity contribution in [2.45, 2.75) is 58.0 Å².